The fourth-order valence-electron chi connectivity index (χ4n) is 2.17. The highest BCUT2D eigenvalue weighted by molar-refractivity contribution is 9.10. The minimum absolute atomic E-state index is 0.0751. The molecule has 0 radical (unpaired) electrons. The van der Waals surface area contributed by atoms with Crippen molar-refractivity contribution in [2.45, 2.75) is 26.8 Å². The molecule has 25 heavy (non-hydrogen) atoms. The number of carbonyl (C=O) groups is 2. The lowest BCUT2D eigenvalue weighted by Gasteiger charge is -2.11. The molecule has 0 spiro atoms. The van der Waals surface area contributed by atoms with Crippen LogP contribution in [0.5, 0.6) is 5.75 Å². The van der Waals surface area contributed by atoms with Crippen LogP contribution >= 0.6 is 15.9 Å². The lowest BCUT2D eigenvalue weighted by molar-refractivity contribution is -0.118. The molecule has 0 aliphatic heterocycles. The van der Waals surface area contributed by atoms with E-state index >= 15 is 0 Å². The summed E-state index contributed by atoms with van der Waals surface area (Å²) in [6.45, 7) is 5.64. The normalized spacial score (nSPS) is 10.4. The number of halogens is 1. The van der Waals surface area contributed by atoms with Gasteiger partial charge in [0.15, 0.2) is 6.61 Å². The molecule has 2 N–H and O–H groups in total. The Hall–Kier alpha value is -2.34. The predicted octanol–water partition coefficient (Wildman–Crippen LogP) is 3.91. The molecule has 0 aliphatic rings. The van der Waals surface area contributed by atoms with Crippen LogP contribution in [0.3, 0.4) is 0 Å². The highest BCUT2D eigenvalue weighted by Gasteiger charge is 2.09. The van der Waals surface area contributed by atoms with Gasteiger partial charge in [0.25, 0.3) is 11.8 Å². The summed E-state index contributed by atoms with van der Waals surface area (Å²) in [5, 5.41) is 5.56. The first-order valence-electron chi connectivity index (χ1n) is 7.95. The molecule has 0 bridgehead atoms. The van der Waals surface area contributed by atoms with Crippen LogP contribution in [0.1, 0.15) is 29.8 Å². The molecule has 2 aromatic carbocycles. The van der Waals surface area contributed by atoms with E-state index in [-0.39, 0.29) is 24.5 Å². The number of hydrogen-bond acceptors (Lipinski definition) is 3. The van der Waals surface area contributed by atoms with Crippen molar-refractivity contribution in [2.75, 3.05) is 11.9 Å². The average molecular weight is 405 g/mol. The lowest BCUT2D eigenvalue weighted by atomic mass is 10.2. The molecule has 2 amide bonds. The number of carbonyl (C=O) groups excluding carboxylic acids is 2. The Morgan fingerprint density at radius 2 is 1.80 bits per heavy atom. The van der Waals surface area contributed by atoms with Crippen LogP contribution in [0.15, 0.2) is 46.9 Å². The third kappa shape index (κ3) is 5.90. The Morgan fingerprint density at radius 1 is 1.12 bits per heavy atom. The van der Waals surface area contributed by atoms with Gasteiger partial charge in [-0.25, -0.2) is 0 Å². The largest absolute Gasteiger partial charge is 0.483 e. The molecule has 0 saturated carbocycles. The third-order valence-electron chi connectivity index (χ3n) is 3.35. The minimum Gasteiger partial charge on any atom is -0.483 e. The van der Waals surface area contributed by atoms with Gasteiger partial charge < -0.3 is 15.4 Å². The predicted molar refractivity (Wildman–Crippen MR) is 102 cm³/mol. The van der Waals surface area contributed by atoms with E-state index in [1.54, 1.807) is 24.3 Å². The van der Waals surface area contributed by atoms with E-state index in [0.29, 0.717) is 17.0 Å². The van der Waals surface area contributed by atoms with Crippen LogP contribution in [0, 0.1) is 6.92 Å². The van der Waals surface area contributed by atoms with E-state index in [4.69, 9.17) is 4.74 Å². The summed E-state index contributed by atoms with van der Waals surface area (Å²) in [6.07, 6.45) is 0. The van der Waals surface area contributed by atoms with Crippen molar-refractivity contribution >= 4 is 33.4 Å². The van der Waals surface area contributed by atoms with E-state index in [1.165, 1.54) is 0 Å². The molecule has 2 rings (SSSR count). The highest BCUT2D eigenvalue weighted by atomic mass is 79.9. The quantitative estimate of drug-likeness (QED) is 0.766. The average Bonchev–Trinajstić information content (AvgIpc) is 2.54. The van der Waals surface area contributed by atoms with Gasteiger partial charge in [-0.1, -0.05) is 15.9 Å². The third-order valence-corrected chi connectivity index (χ3v) is 3.84. The molecule has 0 atom stereocenters. The monoisotopic (exact) mass is 404 g/mol. The second kappa shape index (κ2) is 8.67. The zero-order chi connectivity index (χ0) is 18.4. The maximum atomic E-state index is 12.0. The number of amides is 2. The number of ether oxygens (including phenoxy) is 1. The molecule has 0 aromatic heterocycles. The Kier molecular flexibility index (Phi) is 6.58. The molecule has 132 valence electrons. The van der Waals surface area contributed by atoms with Crippen molar-refractivity contribution in [3.8, 4) is 5.75 Å². The zero-order valence-corrected chi connectivity index (χ0v) is 16.0. The Morgan fingerprint density at radius 3 is 2.40 bits per heavy atom. The van der Waals surface area contributed by atoms with Crippen molar-refractivity contribution in [3.63, 3.8) is 0 Å². The van der Waals surface area contributed by atoms with Crippen LogP contribution < -0.4 is 15.4 Å². The van der Waals surface area contributed by atoms with Gasteiger partial charge in [0, 0.05) is 21.8 Å². The summed E-state index contributed by atoms with van der Waals surface area (Å²) >= 11 is 3.39. The number of nitrogens with one attached hydrogen (secondary N) is 2. The van der Waals surface area contributed by atoms with Gasteiger partial charge in [-0.05, 0) is 68.8 Å². The van der Waals surface area contributed by atoms with Crippen LogP contribution in [-0.2, 0) is 4.79 Å². The molecule has 0 aliphatic carbocycles. The molecule has 0 unspecified atom stereocenters. The number of benzene rings is 2. The van der Waals surface area contributed by atoms with Gasteiger partial charge in [-0.3, -0.25) is 9.59 Å². The molecule has 0 fully saturated rings. The summed E-state index contributed by atoms with van der Waals surface area (Å²) in [5.74, 6) is 0.266. The van der Waals surface area contributed by atoms with Crippen molar-refractivity contribution < 1.29 is 14.3 Å². The standard InChI is InChI=1S/C19H21BrN2O3/c1-12(2)21-19(24)14-4-7-16(8-5-14)22-18(23)11-25-17-9-6-15(20)10-13(17)3/h4-10,12H,11H2,1-3H3,(H,21,24)(H,22,23). The van der Waals surface area contributed by atoms with Crippen molar-refractivity contribution in [1.82, 2.24) is 5.32 Å². The van der Waals surface area contributed by atoms with E-state index in [0.717, 1.165) is 10.0 Å². The van der Waals surface area contributed by atoms with E-state index in [9.17, 15) is 9.59 Å². The number of hydrogen-bond donors (Lipinski definition) is 2. The molecular weight excluding hydrogens is 384 g/mol. The fourth-order valence-corrected chi connectivity index (χ4v) is 2.64. The first-order chi connectivity index (χ1) is 11.8. The topological polar surface area (TPSA) is 67.4 Å². The van der Waals surface area contributed by atoms with Crippen molar-refractivity contribution in [1.29, 1.82) is 0 Å². The molecular formula is C19H21BrN2O3. The maximum absolute atomic E-state index is 12.0. The SMILES string of the molecule is Cc1cc(Br)ccc1OCC(=O)Nc1ccc(C(=O)NC(C)C)cc1. The van der Waals surface area contributed by atoms with Gasteiger partial charge in [0.05, 0.1) is 0 Å². The molecule has 6 heteroatoms. The fraction of sp³-hybridized carbons (Fsp3) is 0.263. The Bertz CT molecular complexity index is 758. The summed E-state index contributed by atoms with van der Waals surface area (Å²) < 4.78 is 6.50. The zero-order valence-electron chi connectivity index (χ0n) is 14.4. The van der Waals surface area contributed by atoms with Gasteiger partial charge in [-0.2, -0.15) is 0 Å². The van der Waals surface area contributed by atoms with Crippen LogP contribution in [0.2, 0.25) is 0 Å². The molecule has 2 aromatic rings. The summed E-state index contributed by atoms with van der Waals surface area (Å²) in [4.78, 5) is 23.9. The lowest BCUT2D eigenvalue weighted by Crippen LogP contribution is -2.30. The van der Waals surface area contributed by atoms with Crippen LogP contribution in [-0.4, -0.2) is 24.5 Å². The number of anilines is 1. The van der Waals surface area contributed by atoms with Gasteiger partial charge >= 0.3 is 0 Å². The second-order valence-electron chi connectivity index (χ2n) is 5.95. The number of rotatable bonds is 6. The van der Waals surface area contributed by atoms with Crippen molar-refractivity contribution in [2.24, 2.45) is 0 Å². The minimum atomic E-state index is -0.262. The highest BCUT2D eigenvalue weighted by Crippen LogP contribution is 2.22. The maximum Gasteiger partial charge on any atom is 0.262 e. The van der Waals surface area contributed by atoms with E-state index < -0.39 is 0 Å². The van der Waals surface area contributed by atoms with Gasteiger partial charge in [0.2, 0.25) is 0 Å². The summed E-state index contributed by atoms with van der Waals surface area (Å²) in [5.41, 5.74) is 2.11. The van der Waals surface area contributed by atoms with Crippen molar-refractivity contribution in [3.05, 3.63) is 58.1 Å². The second-order valence-corrected chi connectivity index (χ2v) is 6.87. The molecule has 0 heterocycles. The summed E-state index contributed by atoms with van der Waals surface area (Å²) in [7, 11) is 0. The van der Waals surface area contributed by atoms with E-state index in [2.05, 4.69) is 26.6 Å². The number of aryl methyl sites for hydroxylation is 1. The molecule has 0 saturated heterocycles. The Balaban J connectivity index is 1.89. The van der Waals surface area contributed by atoms with Crippen LogP contribution in [0.4, 0.5) is 5.69 Å². The Labute approximate surface area is 155 Å². The summed E-state index contributed by atoms with van der Waals surface area (Å²) in [6, 6.07) is 12.4. The smallest absolute Gasteiger partial charge is 0.262 e. The van der Waals surface area contributed by atoms with Gasteiger partial charge in [-0.15, -0.1) is 0 Å². The first-order valence-corrected chi connectivity index (χ1v) is 8.74. The van der Waals surface area contributed by atoms with E-state index in [1.807, 2.05) is 39.0 Å². The van der Waals surface area contributed by atoms with Gasteiger partial charge in [0.1, 0.15) is 5.75 Å². The molecule has 5 nitrogen and oxygen atoms in total. The first kappa shape index (κ1) is 19.0. The van der Waals surface area contributed by atoms with Crippen LogP contribution in [0.25, 0.3) is 0 Å².